The van der Waals surface area contributed by atoms with E-state index in [1.807, 2.05) is 33.8 Å². The lowest BCUT2D eigenvalue weighted by Gasteiger charge is -2.28. The van der Waals surface area contributed by atoms with E-state index in [1.54, 1.807) is 24.3 Å². The number of benzene rings is 2. The molecule has 0 bridgehead atoms. The molecule has 0 saturated carbocycles. The fourth-order valence-corrected chi connectivity index (χ4v) is 6.24. The molecule has 1 fully saturated rings. The van der Waals surface area contributed by atoms with Crippen molar-refractivity contribution < 1.29 is 27.8 Å². The summed E-state index contributed by atoms with van der Waals surface area (Å²) >= 11 is 0. The highest BCUT2D eigenvalue weighted by atomic mass is 32.2. The van der Waals surface area contributed by atoms with Gasteiger partial charge in [0.2, 0.25) is 0 Å². The summed E-state index contributed by atoms with van der Waals surface area (Å²) in [6, 6.07) is 11.2. The zero-order chi connectivity index (χ0) is 27.2. The molecule has 3 rings (SSSR count). The third kappa shape index (κ3) is 6.76. The molecule has 1 amide bonds. The fraction of sp³-hybridized carbons (Fsp3) is 0.536. The molecule has 8 nitrogen and oxygen atoms in total. The largest absolute Gasteiger partial charge is 0.506 e. The van der Waals surface area contributed by atoms with Gasteiger partial charge in [-0.3, -0.25) is 9.10 Å². The minimum atomic E-state index is -3.91. The number of hydrogen-bond donors (Lipinski definition) is 2. The fourth-order valence-electron chi connectivity index (χ4n) is 4.59. The number of methoxy groups -OCH3 is 1. The lowest BCUT2D eigenvalue weighted by molar-refractivity contribution is -0.142. The monoisotopic (exact) mass is 532 g/mol. The number of amides is 1. The van der Waals surface area contributed by atoms with Crippen LogP contribution in [0.5, 0.6) is 11.5 Å². The van der Waals surface area contributed by atoms with Gasteiger partial charge in [-0.1, -0.05) is 26.8 Å². The molecule has 9 heteroatoms. The maximum Gasteiger partial charge on any atom is 0.264 e. The van der Waals surface area contributed by atoms with Crippen molar-refractivity contribution in [3.63, 3.8) is 0 Å². The summed E-state index contributed by atoms with van der Waals surface area (Å²) in [5.41, 5.74) is 0.373. The van der Waals surface area contributed by atoms with Gasteiger partial charge in [0.25, 0.3) is 15.9 Å². The Kier molecular flexibility index (Phi) is 9.47. The first-order valence-corrected chi connectivity index (χ1v) is 14.4. The van der Waals surface area contributed by atoms with E-state index >= 15 is 0 Å². The molecule has 1 saturated heterocycles. The molecule has 1 heterocycles. The normalized spacial score (nSPS) is 18.5. The molecule has 37 heavy (non-hydrogen) atoms. The number of anilines is 1. The zero-order valence-electron chi connectivity index (χ0n) is 22.5. The quantitative estimate of drug-likeness (QED) is 0.412. The van der Waals surface area contributed by atoms with Gasteiger partial charge in [0.05, 0.1) is 17.7 Å². The van der Waals surface area contributed by atoms with Crippen molar-refractivity contribution in [1.82, 2.24) is 5.32 Å². The molecule has 1 unspecified atom stereocenters. The number of sulfonamides is 1. The van der Waals surface area contributed by atoms with Crippen molar-refractivity contribution in [2.75, 3.05) is 24.6 Å². The highest BCUT2D eigenvalue weighted by molar-refractivity contribution is 7.92. The highest BCUT2D eigenvalue weighted by Crippen LogP contribution is 2.34. The molecule has 0 spiro atoms. The molecule has 2 aromatic rings. The number of phenolic OH excluding ortho intramolecular Hbond substituents is 1. The summed E-state index contributed by atoms with van der Waals surface area (Å²) < 4.78 is 39.2. The maximum absolute atomic E-state index is 13.5. The number of phenols is 1. The molecule has 0 aliphatic carbocycles. The summed E-state index contributed by atoms with van der Waals surface area (Å²) in [5, 5.41) is 13.9. The molecule has 2 N–H and O–H groups in total. The summed E-state index contributed by atoms with van der Waals surface area (Å²) in [6.45, 7) is 8.61. The number of rotatable bonds is 12. The summed E-state index contributed by atoms with van der Waals surface area (Å²) in [4.78, 5) is 12.9. The molecule has 2 atom stereocenters. The molecule has 1 aliphatic heterocycles. The Morgan fingerprint density at radius 2 is 1.89 bits per heavy atom. The third-order valence-corrected chi connectivity index (χ3v) is 8.61. The first-order chi connectivity index (χ1) is 17.5. The number of ether oxygens (including phenoxy) is 2. The molecular weight excluding hydrogens is 492 g/mol. The third-order valence-electron chi connectivity index (χ3n) is 6.82. The van der Waals surface area contributed by atoms with Crippen LogP contribution in [-0.4, -0.2) is 51.3 Å². The smallest absolute Gasteiger partial charge is 0.264 e. The number of carbonyl (C=O) groups excluding carboxylic acids is 1. The van der Waals surface area contributed by atoms with Crippen LogP contribution < -0.4 is 14.4 Å². The van der Waals surface area contributed by atoms with E-state index in [1.165, 1.54) is 23.5 Å². The number of nitrogens with one attached hydrogen (secondary N) is 1. The van der Waals surface area contributed by atoms with E-state index in [0.29, 0.717) is 31.6 Å². The van der Waals surface area contributed by atoms with Gasteiger partial charge in [0, 0.05) is 19.2 Å². The number of hydrogen-bond acceptors (Lipinski definition) is 6. The topological polar surface area (TPSA) is 105 Å². The van der Waals surface area contributed by atoms with Crippen LogP contribution in [0.1, 0.15) is 58.9 Å². The van der Waals surface area contributed by atoms with Crippen molar-refractivity contribution in [1.29, 1.82) is 0 Å². The van der Waals surface area contributed by atoms with Gasteiger partial charge < -0.3 is 19.9 Å². The van der Waals surface area contributed by atoms with Crippen LogP contribution in [0, 0.1) is 5.92 Å². The predicted molar refractivity (Wildman–Crippen MR) is 145 cm³/mol. The van der Waals surface area contributed by atoms with Crippen LogP contribution in [0.25, 0.3) is 0 Å². The van der Waals surface area contributed by atoms with Crippen LogP contribution in [0.15, 0.2) is 47.4 Å². The molecule has 0 aromatic heterocycles. The first kappa shape index (κ1) is 28.8. The van der Waals surface area contributed by atoms with Crippen molar-refractivity contribution in [2.24, 2.45) is 5.92 Å². The van der Waals surface area contributed by atoms with E-state index in [4.69, 9.17) is 9.47 Å². The minimum Gasteiger partial charge on any atom is -0.506 e. The van der Waals surface area contributed by atoms with E-state index in [2.05, 4.69) is 5.32 Å². The molecular formula is C28H40N2O6S. The second-order valence-corrected chi connectivity index (χ2v) is 12.0. The van der Waals surface area contributed by atoms with Gasteiger partial charge in [-0.15, -0.1) is 0 Å². The van der Waals surface area contributed by atoms with Gasteiger partial charge in [0.15, 0.2) is 0 Å². The molecule has 204 valence electrons. The standard InChI is InChI=1S/C28H40N2O6S/c1-6-28(16-7-17-36-28)27(32)29-21(4)8-9-22-10-15-25(26(31)18-22)30(19-20(2)3)37(33,34)24-13-11-23(35-5)12-14-24/h10-15,18,20-21,31H,6-9,16-17,19H2,1-5H3,(H,29,32)/t21-,28?/m0/s1. The van der Waals surface area contributed by atoms with Crippen LogP contribution in [0.3, 0.4) is 0 Å². The van der Waals surface area contributed by atoms with E-state index in [0.717, 1.165) is 18.4 Å². The summed E-state index contributed by atoms with van der Waals surface area (Å²) in [5.74, 6) is 0.432. The van der Waals surface area contributed by atoms with Gasteiger partial charge in [-0.25, -0.2) is 8.42 Å². The average Bonchev–Trinajstić information content (AvgIpc) is 3.37. The Morgan fingerprint density at radius 3 is 2.43 bits per heavy atom. The zero-order valence-corrected chi connectivity index (χ0v) is 23.3. The Labute approximate surface area is 221 Å². The van der Waals surface area contributed by atoms with Gasteiger partial charge in [0.1, 0.15) is 17.1 Å². The van der Waals surface area contributed by atoms with Crippen molar-refractivity contribution in [2.45, 2.75) is 76.3 Å². The molecule has 0 radical (unpaired) electrons. The number of nitrogens with zero attached hydrogens (tertiary/aromatic N) is 1. The Morgan fingerprint density at radius 1 is 1.19 bits per heavy atom. The molecule has 1 aliphatic rings. The lowest BCUT2D eigenvalue weighted by atomic mass is 9.95. The highest BCUT2D eigenvalue weighted by Gasteiger charge is 2.41. The van der Waals surface area contributed by atoms with E-state index in [9.17, 15) is 18.3 Å². The van der Waals surface area contributed by atoms with Crippen molar-refractivity contribution >= 4 is 21.6 Å². The SMILES string of the molecule is CCC1(C(=O)N[C@@H](C)CCc2ccc(N(CC(C)C)S(=O)(=O)c3ccc(OC)cc3)c(O)c2)CCCO1. The van der Waals surface area contributed by atoms with E-state index in [-0.39, 0.29) is 40.7 Å². The summed E-state index contributed by atoms with van der Waals surface area (Å²) in [6.07, 6.45) is 3.56. The van der Waals surface area contributed by atoms with Gasteiger partial charge >= 0.3 is 0 Å². The van der Waals surface area contributed by atoms with Gasteiger partial charge in [-0.2, -0.15) is 0 Å². The van der Waals surface area contributed by atoms with Crippen molar-refractivity contribution in [3.05, 3.63) is 48.0 Å². The second kappa shape index (κ2) is 12.2. The van der Waals surface area contributed by atoms with Crippen LogP contribution in [0.2, 0.25) is 0 Å². The van der Waals surface area contributed by atoms with Crippen LogP contribution >= 0.6 is 0 Å². The van der Waals surface area contributed by atoms with E-state index < -0.39 is 15.6 Å². The minimum absolute atomic E-state index is 0.0341. The number of aromatic hydroxyl groups is 1. The Balaban J connectivity index is 1.73. The average molecular weight is 533 g/mol. The maximum atomic E-state index is 13.5. The Hall–Kier alpha value is -2.78. The Bertz CT molecular complexity index is 1160. The van der Waals surface area contributed by atoms with Crippen molar-refractivity contribution in [3.8, 4) is 11.5 Å². The number of carbonyl (C=O) groups is 1. The van der Waals surface area contributed by atoms with Crippen LogP contribution in [0.4, 0.5) is 5.69 Å². The first-order valence-electron chi connectivity index (χ1n) is 13.0. The predicted octanol–water partition coefficient (Wildman–Crippen LogP) is 4.65. The second-order valence-electron chi connectivity index (χ2n) is 10.1. The molecule has 2 aromatic carbocycles. The summed E-state index contributed by atoms with van der Waals surface area (Å²) in [7, 11) is -2.38. The van der Waals surface area contributed by atoms with Gasteiger partial charge in [-0.05, 0) is 86.9 Å². The van der Waals surface area contributed by atoms with Crippen LogP contribution in [-0.2, 0) is 26.0 Å². The lowest BCUT2D eigenvalue weighted by Crippen LogP contribution is -2.49. The number of aryl methyl sites for hydroxylation is 1.